The number of methoxy groups -OCH3 is 2. The lowest BCUT2D eigenvalue weighted by Crippen LogP contribution is -2.52. The molecule has 2 aromatic carbocycles. The van der Waals surface area contributed by atoms with E-state index in [4.69, 9.17) is 9.47 Å². The molecule has 1 aliphatic heterocycles. The van der Waals surface area contributed by atoms with Crippen LogP contribution < -0.4 is 19.7 Å². The van der Waals surface area contributed by atoms with Gasteiger partial charge >= 0.3 is 11.8 Å². The lowest BCUT2D eigenvalue weighted by Gasteiger charge is -2.36. The van der Waals surface area contributed by atoms with Gasteiger partial charge in [-0.3, -0.25) is 9.59 Å². The second-order valence-corrected chi connectivity index (χ2v) is 6.81. The number of piperazine rings is 1. The molecule has 1 saturated heterocycles. The molecule has 0 aromatic heterocycles. The van der Waals surface area contributed by atoms with Gasteiger partial charge in [-0.25, -0.2) is 0 Å². The van der Waals surface area contributed by atoms with Crippen molar-refractivity contribution in [1.82, 2.24) is 10.2 Å². The van der Waals surface area contributed by atoms with E-state index in [2.05, 4.69) is 10.2 Å². The van der Waals surface area contributed by atoms with E-state index in [-0.39, 0.29) is 0 Å². The van der Waals surface area contributed by atoms with Gasteiger partial charge in [-0.1, -0.05) is 24.3 Å². The van der Waals surface area contributed by atoms with Crippen molar-refractivity contribution < 1.29 is 19.1 Å². The topological polar surface area (TPSA) is 71.1 Å². The normalized spacial score (nSPS) is 13.7. The first-order valence-electron chi connectivity index (χ1n) is 9.70. The number of hydrogen-bond donors (Lipinski definition) is 1. The van der Waals surface area contributed by atoms with Gasteiger partial charge in [0, 0.05) is 32.7 Å². The first-order chi connectivity index (χ1) is 14.1. The molecule has 0 unspecified atom stereocenters. The second-order valence-electron chi connectivity index (χ2n) is 6.81. The summed E-state index contributed by atoms with van der Waals surface area (Å²) in [5, 5.41) is 2.72. The van der Waals surface area contributed by atoms with Crippen molar-refractivity contribution in [2.24, 2.45) is 0 Å². The zero-order valence-electron chi connectivity index (χ0n) is 16.9. The quantitative estimate of drug-likeness (QED) is 0.752. The summed E-state index contributed by atoms with van der Waals surface area (Å²) in [5.41, 5.74) is 2.08. The fraction of sp³-hybridized carbons (Fsp3) is 0.364. The van der Waals surface area contributed by atoms with E-state index >= 15 is 0 Å². The average Bonchev–Trinajstić information content (AvgIpc) is 2.79. The Labute approximate surface area is 171 Å². The second kappa shape index (κ2) is 9.82. The highest BCUT2D eigenvalue weighted by Crippen LogP contribution is 2.28. The SMILES string of the molecule is COc1ccc(CCNC(=O)C(=O)N2CCN(c3ccccc3OC)CC2)cc1. The van der Waals surface area contributed by atoms with Crippen molar-refractivity contribution in [2.45, 2.75) is 6.42 Å². The van der Waals surface area contributed by atoms with Gasteiger partial charge in [0.25, 0.3) is 0 Å². The fourth-order valence-corrected chi connectivity index (χ4v) is 3.37. The summed E-state index contributed by atoms with van der Waals surface area (Å²) >= 11 is 0. The molecular formula is C22H27N3O4. The standard InChI is InChI=1S/C22H27N3O4/c1-28-18-9-7-17(8-10-18)11-12-23-21(26)22(27)25-15-13-24(14-16-25)19-5-3-4-6-20(19)29-2/h3-10H,11-16H2,1-2H3,(H,23,26). The maximum Gasteiger partial charge on any atom is 0.312 e. The van der Waals surface area contributed by atoms with Crippen LogP contribution in [0.3, 0.4) is 0 Å². The van der Waals surface area contributed by atoms with E-state index in [0.29, 0.717) is 39.1 Å². The van der Waals surface area contributed by atoms with Crippen molar-refractivity contribution in [3.8, 4) is 11.5 Å². The van der Waals surface area contributed by atoms with E-state index < -0.39 is 11.8 Å². The molecule has 1 N–H and O–H groups in total. The largest absolute Gasteiger partial charge is 0.497 e. The minimum absolute atomic E-state index is 0.415. The van der Waals surface area contributed by atoms with Crippen LogP contribution in [-0.4, -0.2) is 63.7 Å². The summed E-state index contributed by atoms with van der Waals surface area (Å²) in [4.78, 5) is 28.4. The van der Waals surface area contributed by atoms with E-state index in [9.17, 15) is 9.59 Å². The molecule has 2 amide bonds. The van der Waals surface area contributed by atoms with Gasteiger partial charge in [-0.05, 0) is 36.2 Å². The number of benzene rings is 2. The number of amides is 2. The third-order valence-corrected chi connectivity index (χ3v) is 5.05. The molecule has 154 valence electrons. The highest BCUT2D eigenvalue weighted by molar-refractivity contribution is 6.35. The molecule has 3 rings (SSSR count). The van der Waals surface area contributed by atoms with E-state index in [1.54, 1.807) is 19.1 Å². The van der Waals surface area contributed by atoms with Gasteiger partial charge in [-0.15, -0.1) is 0 Å². The maximum atomic E-state index is 12.4. The Morgan fingerprint density at radius 1 is 0.931 bits per heavy atom. The van der Waals surface area contributed by atoms with Gasteiger partial charge in [-0.2, -0.15) is 0 Å². The van der Waals surface area contributed by atoms with Gasteiger partial charge in [0.2, 0.25) is 0 Å². The van der Waals surface area contributed by atoms with Crippen molar-refractivity contribution in [3.05, 3.63) is 54.1 Å². The Kier molecular flexibility index (Phi) is 6.94. The average molecular weight is 397 g/mol. The van der Waals surface area contributed by atoms with Crippen molar-refractivity contribution >= 4 is 17.5 Å². The van der Waals surface area contributed by atoms with Crippen LogP contribution in [0.2, 0.25) is 0 Å². The highest BCUT2D eigenvalue weighted by Gasteiger charge is 2.26. The number of nitrogens with one attached hydrogen (secondary N) is 1. The molecule has 0 aliphatic carbocycles. The number of ether oxygens (including phenoxy) is 2. The Morgan fingerprint density at radius 3 is 2.28 bits per heavy atom. The molecule has 1 aliphatic rings. The summed E-state index contributed by atoms with van der Waals surface area (Å²) in [6.07, 6.45) is 0.657. The number of nitrogens with zero attached hydrogens (tertiary/aromatic N) is 2. The first kappa shape index (κ1) is 20.5. The van der Waals surface area contributed by atoms with Crippen LogP contribution in [0.15, 0.2) is 48.5 Å². The van der Waals surface area contributed by atoms with Crippen molar-refractivity contribution in [1.29, 1.82) is 0 Å². The number of rotatable bonds is 6. The van der Waals surface area contributed by atoms with E-state index in [1.807, 2.05) is 48.5 Å². The number of anilines is 1. The molecular weight excluding hydrogens is 370 g/mol. The van der Waals surface area contributed by atoms with Crippen LogP contribution in [0.1, 0.15) is 5.56 Å². The molecule has 0 bridgehead atoms. The third kappa shape index (κ3) is 5.19. The zero-order chi connectivity index (χ0) is 20.6. The highest BCUT2D eigenvalue weighted by atomic mass is 16.5. The van der Waals surface area contributed by atoms with Crippen LogP contribution in [0.25, 0.3) is 0 Å². The number of carbonyl (C=O) groups excluding carboxylic acids is 2. The number of carbonyl (C=O) groups is 2. The van der Waals surface area contributed by atoms with Crippen LogP contribution >= 0.6 is 0 Å². The molecule has 0 atom stereocenters. The summed E-state index contributed by atoms with van der Waals surface area (Å²) in [6.45, 7) is 2.74. The molecule has 0 radical (unpaired) electrons. The van der Waals surface area contributed by atoms with Crippen LogP contribution in [-0.2, 0) is 16.0 Å². The van der Waals surface area contributed by atoms with Gasteiger partial charge < -0.3 is 24.6 Å². The Hall–Kier alpha value is -3.22. The predicted octanol–water partition coefficient (Wildman–Crippen LogP) is 1.71. The monoisotopic (exact) mass is 397 g/mol. The lowest BCUT2D eigenvalue weighted by atomic mass is 10.1. The van der Waals surface area contributed by atoms with E-state index in [0.717, 1.165) is 22.7 Å². The van der Waals surface area contributed by atoms with Gasteiger partial charge in [0.05, 0.1) is 19.9 Å². The van der Waals surface area contributed by atoms with Crippen LogP contribution in [0.4, 0.5) is 5.69 Å². The van der Waals surface area contributed by atoms with Gasteiger partial charge in [0.1, 0.15) is 11.5 Å². The first-order valence-corrected chi connectivity index (χ1v) is 9.70. The molecule has 7 heteroatoms. The molecule has 29 heavy (non-hydrogen) atoms. The minimum atomic E-state index is -0.552. The lowest BCUT2D eigenvalue weighted by molar-refractivity contribution is -0.146. The van der Waals surface area contributed by atoms with E-state index in [1.165, 1.54) is 0 Å². The minimum Gasteiger partial charge on any atom is -0.497 e. The molecule has 0 spiro atoms. The Bertz CT molecular complexity index is 830. The molecule has 1 heterocycles. The van der Waals surface area contributed by atoms with Crippen LogP contribution in [0.5, 0.6) is 11.5 Å². The number of hydrogen-bond acceptors (Lipinski definition) is 5. The Balaban J connectivity index is 1.45. The summed E-state index contributed by atoms with van der Waals surface area (Å²) in [5.74, 6) is 0.576. The molecule has 1 fully saturated rings. The fourth-order valence-electron chi connectivity index (χ4n) is 3.37. The van der Waals surface area contributed by atoms with Crippen molar-refractivity contribution in [3.63, 3.8) is 0 Å². The van der Waals surface area contributed by atoms with Crippen LogP contribution in [0, 0.1) is 0 Å². The molecule has 7 nitrogen and oxygen atoms in total. The van der Waals surface area contributed by atoms with Crippen molar-refractivity contribution in [2.75, 3.05) is 51.8 Å². The summed E-state index contributed by atoms with van der Waals surface area (Å²) in [7, 11) is 3.27. The smallest absolute Gasteiger partial charge is 0.312 e. The zero-order valence-corrected chi connectivity index (χ0v) is 16.9. The molecule has 0 saturated carbocycles. The van der Waals surface area contributed by atoms with Gasteiger partial charge in [0.15, 0.2) is 0 Å². The number of para-hydroxylation sites is 2. The maximum absolute atomic E-state index is 12.4. The summed E-state index contributed by atoms with van der Waals surface area (Å²) in [6, 6.07) is 15.5. The Morgan fingerprint density at radius 2 is 1.62 bits per heavy atom. The summed E-state index contributed by atoms with van der Waals surface area (Å²) < 4.78 is 10.5. The molecule has 2 aromatic rings. The predicted molar refractivity (Wildman–Crippen MR) is 111 cm³/mol. The third-order valence-electron chi connectivity index (χ3n) is 5.05.